The molecule has 1 heteroatoms. The van der Waals surface area contributed by atoms with Crippen LogP contribution < -0.4 is 5.32 Å². The van der Waals surface area contributed by atoms with Gasteiger partial charge in [0.05, 0.1) is 0 Å². The van der Waals surface area contributed by atoms with E-state index in [2.05, 4.69) is 57.3 Å². The minimum absolute atomic E-state index is 0.718. The topological polar surface area (TPSA) is 12.0 Å². The number of hydrogen-bond donors (Lipinski definition) is 1. The van der Waals surface area contributed by atoms with Gasteiger partial charge in [-0.3, -0.25) is 0 Å². The van der Waals surface area contributed by atoms with Gasteiger partial charge in [0, 0.05) is 6.04 Å². The molecule has 0 aromatic heterocycles. The minimum Gasteiger partial charge on any atom is -0.314 e. The summed E-state index contributed by atoms with van der Waals surface area (Å²) in [6, 6.07) is 9.78. The van der Waals surface area contributed by atoms with E-state index in [4.69, 9.17) is 0 Å². The van der Waals surface area contributed by atoms with Gasteiger partial charge >= 0.3 is 0 Å². The minimum atomic E-state index is 0.718. The van der Waals surface area contributed by atoms with Crippen LogP contribution in [-0.4, -0.2) is 12.6 Å². The maximum absolute atomic E-state index is 3.73. The van der Waals surface area contributed by atoms with Crippen LogP contribution in [0.1, 0.15) is 51.2 Å². The van der Waals surface area contributed by atoms with Gasteiger partial charge in [0.2, 0.25) is 0 Å². The average molecular weight is 273 g/mol. The molecule has 1 aliphatic rings. The van der Waals surface area contributed by atoms with E-state index in [1.165, 1.54) is 36.8 Å². The fourth-order valence-electron chi connectivity index (χ4n) is 3.80. The van der Waals surface area contributed by atoms with Crippen LogP contribution in [0.3, 0.4) is 0 Å². The summed E-state index contributed by atoms with van der Waals surface area (Å²) >= 11 is 0. The Hall–Kier alpha value is -0.820. The lowest BCUT2D eigenvalue weighted by Gasteiger charge is -2.38. The molecular formula is C19H31N. The fourth-order valence-corrected chi connectivity index (χ4v) is 3.80. The molecule has 20 heavy (non-hydrogen) atoms. The third-order valence-electron chi connectivity index (χ3n) is 5.01. The standard InChI is InChI=1S/C19H31N/c1-5-20-19-10-9-17(14(2)3)13-18(19)12-16-8-6-7-15(4)11-16/h6-8,11,14,17-20H,5,9-10,12-13H2,1-4H3. The second-order valence-corrected chi connectivity index (χ2v) is 6.93. The third-order valence-corrected chi connectivity index (χ3v) is 5.01. The van der Waals surface area contributed by atoms with Gasteiger partial charge in [0.25, 0.3) is 0 Å². The highest BCUT2D eigenvalue weighted by Gasteiger charge is 2.31. The lowest BCUT2D eigenvalue weighted by Crippen LogP contribution is -2.42. The van der Waals surface area contributed by atoms with Crippen molar-refractivity contribution in [1.82, 2.24) is 5.32 Å². The smallest absolute Gasteiger partial charge is 0.00985 e. The summed E-state index contributed by atoms with van der Waals surface area (Å²) in [5.74, 6) is 2.55. The average Bonchev–Trinajstić information content (AvgIpc) is 2.41. The molecule has 0 heterocycles. The van der Waals surface area contributed by atoms with Crippen LogP contribution in [0.5, 0.6) is 0 Å². The molecule has 1 aliphatic carbocycles. The molecule has 1 N–H and O–H groups in total. The molecule has 3 unspecified atom stereocenters. The number of aryl methyl sites for hydroxylation is 1. The van der Waals surface area contributed by atoms with Gasteiger partial charge < -0.3 is 5.32 Å². The third kappa shape index (κ3) is 4.09. The number of benzene rings is 1. The van der Waals surface area contributed by atoms with Crippen LogP contribution in [0, 0.1) is 24.7 Å². The van der Waals surface area contributed by atoms with E-state index >= 15 is 0 Å². The van der Waals surface area contributed by atoms with E-state index in [9.17, 15) is 0 Å². The summed E-state index contributed by atoms with van der Waals surface area (Å²) in [6.45, 7) is 10.3. The molecule has 0 radical (unpaired) electrons. The predicted octanol–water partition coefficient (Wildman–Crippen LogP) is 4.59. The zero-order valence-corrected chi connectivity index (χ0v) is 13.7. The first-order valence-corrected chi connectivity index (χ1v) is 8.39. The van der Waals surface area contributed by atoms with Gasteiger partial charge in [-0.1, -0.05) is 50.6 Å². The summed E-state index contributed by atoms with van der Waals surface area (Å²) in [4.78, 5) is 0. The van der Waals surface area contributed by atoms with E-state index in [-0.39, 0.29) is 0 Å². The van der Waals surface area contributed by atoms with Crippen molar-refractivity contribution >= 4 is 0 Å². The molecule has 112 valence electrons. The lowest BCUT2D eigenvalue weighted by atomic mass is 9.71. The van der Waals surface area contributed by atoms with Crippen LogP contribution in [0.4, 0.5) is 0 Å². The molecule has 1 fully saturated rings. The Morgan fingerprint density at radius 2 is 2.05 bits per heavy atom. The van der Waals surface area contributed by atoms with E-state index in [1.807, 2.05) is 0 Å². The maximum Gasteiger partial charge on any atom is 0.00985 e. The van der Waals surface area contributed by atoms with Crippen molar-refractivity contribution in [3.63, 3.8) is 0 Å². The first kappa shape index (κ1) is 15.6. The summed E-state index contributed by atoms with van der Waals surface area (Å²) in [5.41, 5.74) is 2.90. The van der Waals surface area contributed by atoms with Crippen LogP contribution in [0.15, 0.2) is 24.3 Å². The van der Waals surface area contributed by atoms with Gasteiger partial charge in [0.1, 0.15) is 0 Å². The Kier molecular flexibility index (Phi) is 5.65. The number of rotatable bonds is 5. The molecule has 0 amide bonds. The summed E-state index contributed by atoms with van der Waals surface area (Å²) in [5, 5.41) is 3.73. The highest BCUT2D eigenvalue weighted by Crippen LogP contribution is 2.35. The van der Waals surface area contributed by atoms with Crippen molar-refractivity contribution in [3.05, 3.63) is 35.4 Å². The summed E-state index contributed by atoms with van der Waals surface area (Å²) in [6.07, 6.45) is 5.39. The first-order valence-electron chi connectivity index (χ1n) is 8.39. The van der Waals surface area contributed by atoms with Gasteiger partial charge in [-0.25, -0.2) is 0 Å². The largest absolute Gasteiger partial charge is 0.314 e. The van der Waals surface area contributed by atoms with Crippen LogP contribution in [0.2, 0.25) is 0 Å². The van der Waals surface area contributed by atoms with Crippen molar-refractivity contribution < 1.29 is 0 Å². The normalized spacial score (nSPS) is 26.9. The molecule has 2 rings (SSSR count). The van der Waals surface area contributed by atoms with E-state index in [1.54, 1.807) is 0 Å². The summed E-state index contributed by atoms with van der Waals surface area (Å²) in [7, 11) is 0. The summed E-state index contributed by atoms with van der Waals surface area (Å²) < 4.78 is 0. The van der Waals surface area contributed by atoms with Crippen molar-refractivity contribution in [2.75, 3.05) is 6.54 Å². The van der Waals surface area contributed by atoms with Crippen LogP contribution >= 0.6 is 0 Å². The lowest BCUT2D eigenvalue weighted by molar-refractivity contribution is 0.169. The quantitative estimate of drug-likeness (QED) is 0.827. The highest BCUT2D eigenvalue weighted by molar-refractivity contribution is 5.23. The van der Waals surface area contributed by atoms with E-state index in [0.717, 1.165) is 30.3 Å². The Morgan fingerprint density at radius 1 is 1.25 bits per heavy atom. The molecule has 1 aromatic rings. The van der Waals surface area contributed by atoms with Crippen molar-refractivity contribution in [2.45, 2.75) is 59.4 Å². The van der Waals surface area contributed by atoms with Gasteiger partial charge in [-0.15, -0.1) is 0 Å². The van der Waals surface area contributed by atoms with E-state index in [0.29, 0.717) is 0 Å². The van der Waals surface area contributed by atoms with Gasteiger partial charge in [0.15, 0.2) is 0 Å². The van der Waals surface area contributed by atoms with Crippen LogP contribution in [0.25, 0.3) is 0 Å². The Bertz CT molecular complexity index is 410. The molecule has 0 spiro atoms. The Balaban J connectivity index is 2.06. The Morgan fingerprint density at radius 3 is 2.70 bits per heavy atom. The second-order valence-electron chi connectivity index (χ2n) is 6.93. The molecule has 1 saturated carbocycles. The molecular weight excluding hydrogens is 242 g/mol. The van der Waals surface area contributed by atoms with Crippen molar-refractivity contribution in [3.8, 4) is 0 Å². The SMILES string of the molecule is CCNC1CCC(C(C)C)CC1Cc1cccc(C)c1. The molecule has 0 saturated heterocycles. The molecule has 1 aromatic carbocycles. The second kappa shape index (κ2) is 7.26. The zero-order chi connectivity index (χ0) is 14.5. The number of hydrogen-bond acceptors (Lipinski definition) is 1. The molecule has 1 nitrogen and oxygen atoms in total. The molecule has 0 aliphatic heterocycles. The molecule has 0 bridgehead atoms. The Labute approximate surface area is 125 Å². The molecule has 3 atom stereocenters. The van der Waals surface area contributed by atoms with Crippen molar-refractivity contribution in [2.24, 2.45) is 17.8 Å². The van der Waals surface area contributed by atoms with Gasteiger partial charge in [-0.05, 0) is 62.5 Å². The monoisotopic (exact) mass is 273 g/mol. The number of nitrogens with one attached hydrogen (secondary N) is 1. The highest BCUT2D eigenvalue weighted by atomic mass is 14.9. The van der Waals surface area contributed by atoms with Crippen molar-refractivity contribution in [1.29, 1.82) is 0 Å². The first-order chi connectivity index (χ1) is 9.60. The predicted molar refractivity (Wildman–Crippen MR) is 88.0 cm³/mol. The van der Waals surface area contributed by atoms with E-state index < -0.39 is 0 Å². The van der Waals surface area contributed by atoms with Gasteiger partial charge in [-0.2, -0.15) is 0 Å². The maximum atomic E-state index is 3.73. The van der Waals surface area contributed by atoms with Crippen LogP contribution in [-0.2, 0) is 6.42 Å². The zero-order valence-electron chi connectivity index (χ0n) is 13.7. The fraction of sp³-hybridized carbons (Fsp3) is 0.684.